The summed E-state index contributed by atoms with van der Waals surface area (Å²) in [4.78, 5) is 10.3. The van der Waals surface area contributed by atoms with Crippen LogP contribution in [0, 0.1) is 22.5 Å². The van der Waals surface area contributed by atoms with E-state index < -0.39 is 4.92 Å². The largest absolute Gasteiger partial charge is 0.374 e. The van der Waals surface area contributed by atoms with E-state index in [-0.39, 0.29) is 18.4 Å². The van der Waals surface area contributed by atoms with Crippen LogP contribution in [-0.4, -0.2) is 50.2 Å². The van der Waals surface area contributed by atoms with Crippen LogP contribution in [-0.2, 0) is 25.6 Å². The molecule has 0 aliphatic carbocycles. The Bertz CT molecular complexity index is 548. The average Bonchev–Trinajstić information content (AvgIpc) is 3.44. The lowest BCUT2D eigenvalue weighted by molar-refractivity contribution is -0.385. The number of hydrogen-bond acceptors (Lipinski definition) is 6. The Labute approximate surface area is 134 Å². The first-order chi connectivity index (χ1) is 11.2. The van der Waals surface area contributed by atoms with Gasteiger partial charge in [-0.2, -0.15) is 0 Å². The Kier molecular flexibility index (Phi) is 6.97. The van der Waals surface area contributed by atoms with E-state index in [4.69, 9.17) is 25.4 Å². The minimum absolute atomic E-state index is 0.106. The van der Waals surface area contributed by atoms with Crippen LogP contribution in [0.25, 0.3) is 0 Å². The lowest BCUT2D eigenvalue weighted by Crippen LogP contribution is -2.03. The van der Waals surface area contributed by atoms with Crippen LogP contribution in [0.3, 0.4) is 0 Å². The van der Waals surface area contributed by atoms with E-state index in [0.29, 0.717) is 31.5 Å². The van der Waals surface area contributed by atoms with Gasteiger partial charge in [-0.05, 0) is 6.07 Å². The van der Waals surface area contributed by atoms with E-state index in [1.807, 2.05) is 0 Å². The van der Waals surface area contributed by atoms with Gasteiger partial charge in [-0.1, -0.05) is 18.1 Å². The van der Waals surface area contributed by atoms with E-state index in [0.717, 1.165) is 13.2 Å². The van der Waals surface area contributed by atoms with Crippen LogP contribution >= 0.6 is 0 Å². The summed E-state index contributed by atoms with van der Waals surface area (Å²) in [5.41, 5.74) is 0.706. The monoisotopic (exact) mass is 321 g/mol. The van der Waals surface area contributed by atoms with Gasteiger partial charge in [0, 0.05) is 6.07 Å². The second-order valence-corrected chi connectivity index (χ2v) is 5.03. The summed E-state index contributed by atoms with van der Waals surface area (Å²) in [5.74, 6) is 2.37. The molecular weight excluding hydrogens is 302 g/mol. The first-order valence-electron chi connectivity index (χ1n) is 7.25. The molecule has 2 aliphatic rings. The third-order valence-electron chi connectivity index (χ3n) is 3.04. The molecular formula is C16H19NO6. The Morgan fingerprint density at radius 3 is 2.39 bits per heavy atom. The Morgan fingerprint density at radius 1 is 1.22 bits per heavy atom. The van der Waals surface area contributed by atoms with E-state index >= 15 is 0 Å². The number of benzene rings is 1. The minimum atomic E-state index is -0.397. The highest BCUT2D eigenvalue weighted by molar-refractivity contribution is 5.39. The molecule has 0 amide bonds. The molecule has 3 rings (SSSR count). The molecule has 0 spiro atoms. The van der Waals surface area contributed by atoms with Crippen molar-refractivity contribution < 1.29 is 23.9 Å². The lowest BCUT2D eigenvalue weighted by Gasteiger charge is -2.02. The van der Waals surface area contributed by atoms with Gasteiger partial charge < -0.3 is 18.9 Å². The number of rotatable bonds is 8. The van der Waals surface area contributed by atoms with E-state index in [2.05, 4.69) is 5.92 Å². The van der Waals surface area contributed by atoms with Crippen molar-refractivity contribution in [3.8, 4) is 12.3 Å². The molecule has 0 saturated carbocycles. The maximum atomic E-state index is 10.7. The molecule has 1 aromatic carbocycles. The van der Waals surface area contributed by atoms with Crippen molar-refractivity contribution in [2.75, 3.05) is 33.0 Å². The van der Waals surface area contributed by atoms with Crippen molar-refractivity contribution in [1.82, 2.24) is 0 Å². The number of para-hydroxylation sites is 1. The van der Waals surface area contributed by atoms with Crippen LogP contribution in [0.2, 0.25) is 0 Å². The molecule has 2 unspecified atom stereocenters. The number of nitro benzene ring substituents is 1. The summed E-state index contributed by atoms with van der Waals surface area (Å²) in [5, 5.41) is 10.7. The first-order valence-corrected chi connectivity index (χ1v) is 7.25. The molecule has 2 atom stereocenters. The third kappa shape index (κ3) is 7.21. The summed E-state index contributed by atoms with van der Waals surface area (Å²) in [6.07, 6.45) is 5.44. The predicted molar refractivity (Wildman–Crippen MR) is 81.9 cm³/mol. The lowest BCUT2D eigenvalue weighted by atomic mass is 10.2. The third-order valence-corrected chi connectivity index (χ3v) is 3.04. The van der Waals surface area contributed by atoms with Crippen molar-refractivity contribution in [3.63, 3.8) is 0 Å². The van der Waals surface area contributed by atoms with Crippen LogP contribution in [0.1, 0.15) is 5.56 Å². The second-order valence-electron chi connectivity index (χ2n) is 5.03. The predicted octanol–water partition coefficient (Wildman–Crippen LogP) is 1.55. The average molecular weight is 321 g/mol. The van der Waals surface area contributed by atoms with Gasteiger partial charge in [-0.25, -0.2) is 0 Å². The summed E-state index contributed by atoms with van der Waals surface area (Å²) in [7, 11) is 0. The fourth-order valence-corrected chi connectivity index (χ4v) is 1.69. The number of nitrogens with zero attached hydrogens (tertiary/aromatic N) is 1. The molecule has 0 N–H and O–H groups in total. The molecule has 0 aromatic heterocycles. The first kappa shape index (κ1) is 17.4. The van der Waals surface area contributed by atoms with Crippen LogP contribution in [0.4, 0.5) is 5.69 Å². The van der Waals surface area contributed by atoms with Crippen LogP contribution in [0.15, 0.2) is 24.3 Å². The smallest absolute Gasteiger partial charge is 0.274 e. The normalized spacial score (nSPS) is 20.8. The molecule has 23 heavy (non-hydrogen) atoms. The van der Waals surface area contributed by atoms with E-state index in [9.17, 15) is 10.1 Å². The van der Waals surface area contributed by atoms with E-state index in [1.165, 1.54) is 6.07 Å². The van der Waals surface area contributed by atoms with Crippen LogP contribution in [0.5, 0.6) is 0 Å². The van der Waals surface area contributed by atoms with Crippen molar-refractivity contribution in [2.45, 2.75) is 18.8 Å². The quantitative estimate of drug-likeness (QED) is 0.237. The van der Waals surface area contributed by atoms with Crippen molar-refractivity contribution in [1.29, 1.82) is 0 Å². The molecule has 2 fully saturated rings. The van der Waals surface area contributed by atoms with Crippen molar-refractivity contribution in [3.05, 3.63) is 39.9 Å². The maximum Gasteiger partial charge on any atom is 0.274 e. The highest BCUT2D eigenvalue weighted by atomic mass is 16.6. The van der Waals surface area contributed by atoms with Gasteiger partial charge in [0.25, 0.3) is 5.69 Å². The number of nitro groups is 1. The zero-order chi connectivity index (χ0) is 16.5. The Hall–Kier alpha value is -1.98. The van der Waals surface area contributed by atoms with Crippen molar-refractivity contribution >= 4 is 5.69 Å². The van der Waals surface area contributed by atoms with E-state index in [1.54, 1.807) is 18.2 Å². The van der Waals surface area contributed by atoms with Gasteiger partial charge in [0.1, 0.15) is 18.8 Å². The molecule has 2 saturated heterocycles. The molecule has 7 heteroatoms. The van der Waals surface area contributed by atoms with Gasteiger partial charge in [-0.15, -0.1) is 6.42 Å². The Balaban J connectivity index is 0.000000203. The number of hydrogen-bond donors (Lipinski definition) is 0. The molecule has 2 aliphatic heterocycles. The van der Waals surface area contributed by atoms with Crippen LogP contribution < -0.4 is 0 Å². The van der Waals surface area contributed by atoms with Gasteiger partial charge in [0.15, 0.2) is 0 Å². The maximum absolute atomic E-state index is 10.7. The standard InChI is InChI=1S/C10H11NO4.C6H8O2/c12-11(13)10-4-2-1-3-8(10)5-14-6-9-7-15-9;1-2-3-7-4-6-5-8-6/h1-4,9H,5-7H2;1,6H,3-5H2. The highest BCUT2D eigenvalue weighted by Gasteiger charge is 2.23. The number of terminal acetylenes is 1. The summed E-state index contributed by atoms with van der Waals surface area (Å²) in [6, 6.07) is 6.59. The topological polar surface area (TPSA) is 86.7 Å². The second kappa shape index (κ2) is 9.22. The molecule has 7 nitrogen and oxygen atoms in total. The highest BCUT2D eigenvalue weighted by Crippen LogP contribution is 2.19. The minimum Gasteiger partial charge on any atom is -0.374 e. The zero-order valence-electron chi connectivity index (χ0n) is 12.7. The summed E-state index contributed by atoms with van der Waals surface area (Å²) in [6.45, 7) is 3.40. The van der Waals surface area contributed by atoms with Gasteiger partial charge >= 0.3 is 0 Å². The number of ether oxygens (including phenoxy) is 4. The Morgan fingerprint density at radius 2 is 1.83 bits per heavy atom. The summed E-state index contributed by atoms with van der Waals surface area (Å²) >= 11 is 0. The molecule has 0 bridgehead atoms. The molecule has 0 radical (unpaired) electrons. The van der Waals surface area contributed by atoms with Crippen molar-refractivity contribution in [2.24, 2.45) is 0 Å². The van der Waals surface area contributed by atoms with Gasteiger partial charge in [0.2, 0.25) is 0 Å². The number of epoxide rings is 2. The van der Waals surface area contributed by atoms with Gasteiger partial charge in [0.05, 0.1) is 43.5 Å². The molecule has 1 aromatic rings. The van der Waals surface area contributed by atoms with Gasteiger partial charge in [-0.3, -0.25) is 10.1 Å². The molecule has 124 valence electrons. The molecule has 2 heterocycles. The zero-order valence-corrected chi connectivity index (χ0v) is 12.7. The fourth-order valence-electron chi connectivity index (χ4n) is 1.69. The SMILES string of the molecule is C#CCOCC1CO1.O=[N+]([O-])c1ccccc1COCC1CO1. The summed E-state index contributed by atoms with van der Waals surface area (Å²) < 4.78 is 20.1. The fraction of sp³-hybridized carbons (Fsp3) is 0.500.